The van der Waals surface area contributed by atoms with Crippen molar-refractivity contribution < 1.29 is 9.21 Å². The van der Waals surface area contributed by atoms with Crippen LogP contribution in [0, 0.1) is 27.7 Å². The van der Waals surface area contributed by atoms with Crippen molar-refractivity contribution >= 4 is 11.6 Å². The van der Waals surface area contributed by atoms with Crippen LogP contribution >= 0.6 is 0 Å². The van der Waals surface area contributed by atoms with Crippen molar-refractivity contribution in [2.24, 2.45) is 0 Å². The lowest BCUT2D eigenvalue weighted by Gasteiger charge is -2.08. The van der Waals surface area contributed by atoms with Crippen molar-refractivity contribution in [1.82, 2.24) is 19.7 Å². The fraction of sp³-hybridized carbons (Fsp3) is 0.227. The number of hydrogen-bond acceptors (Lipinski definition) is 4. The molecule has 1 amide bonds. The molecule has 0 saturated carbocycles. The number of imidazole rings is 1. The lowest BCUT2D eigenvalue weighted by atomic mass is 10.1. The molecule has 6 nitrogen and oxygen atoms in total. The van der Waals surface area contributed by atoms with E-state index in [0.717, 1.165) is 28.2 Å². The molecule has 0 aliphatic rings. The standard InChI is InChI=1S/C22H22N4O2/c1-13-5-8-17(9-6-13)21-18(26-12-14(2)7-10-19(26)25-21)11-23-22(27)20-15(3)28-16(4)24-20/h5-10,12H,11H2,1-4H3,(H,23,27). The number of rotatable bonds is 4. The zero-order valence-electron chi connectivity index (χ0n) is 16.4. The lowest BCUT2D eigenvalue weighted by Crippen LogP contribution is -2.25. The predicted octanol–water partition coefficient (Wildman–Crippen LogP) is 4.15. The fourth-order valence-electron chi connectivity index (χ4n) is 3.30. The number of carbonyl (C=O) groups excluding carboxylic acids is 1. The van der Waals surface area contributed by atoms with E-state index >= 15 is 0 Å². The molecule has 0 radical (unpaired) electrons. The molecule has 3 heterocycles. The molecule has 28 heavy (non-hydrogen) atoms. The molecule has 4 aromatic rings. The number of pyridine rings is 1. The second-order valence-electron chi connectivity index (χ2n) is 7.03. The fourth-order valence-corrected chi connectivity index (χ4v) is 3.30. The molecule has 6 heteroatoms. The molecular weight excluding hydrogens is 352 g/mol. The Bertz CT molecular complexity index is 1170. The monoisotopic (exact) mass is 374 g/mol. The van der Waals surface area contributed by atoms with Crippen LogP contribution in [0.3, 0.4) is 0 Å². The first-order chi connectivity index (χ1) is 13.4. The van der Waals surface area contributed by atoms with Crippen molar-refractivity contribution in [1.29, 1.82) is 0 Å². The van der Waals surface area contributed by atoms with E-state index in [2.05, 4.69) is 41.5 Å². The van der Waals surface area contributed by atoms with Gasteiger partial charge in [0.2, 0.25) is 0 Å². The maximum atomic E-state index is 12.6. The first-order valence-electron chi connectivity index (χ1n) is 9.19. The van der Waals surface area contributed by atoms with E-state index in [9.17, 15) is 4.79 Å². The number of fused-ring (bicyclic) bond motifs is 1. The zero-order valence-corrected chi connectivity index (χ0v) is 16.4. The van der Waals surface area contributed by atoms with Gasteiger partial charge in [0.05, 0.1) is 17.9 Å². The van der Waals surface area contributed by atoms with E-state index in [-0.39, 0.29) is 5.91 Å². The van der Waals surface area contributed by atoms with Crippen LogP contribution in [0.15, 0.2) is 47.0 Å². The summed E-state index contributed by atoms with van der Waals surface area (Å²) in [5, 5.41) is 2.97. The minimum atomic E-state index is -0.258. The number of aromatic nitrogens is 3. The summed E-state index contributed by atoms with van der Waals surface area (Å²) < 4.78 is 7.41. The van der Waals surface area contributed by atoms with Crippen LogP contribution in [-0.2, 0) is 6.54 Å². The summed E-state index contributed by atoms with van der Waals surface area (Å²) >= 11 is 0. The molecule has 3 aromatic heterocycles. The number of aryl methyl sites for hydroxylation is 4. The van der Waals surface area contributed by atoms with Crippen molar-refractivity contribution in [2.75, 3.05) is 0 Å². The van der Waals surface area contributed by atoms with Gasteiger partial charge in [0.15, 0.2) is 11.6 Å². The Kier molecular flexibility index (Phi) is 4.47. The average Bonchev–Trinajstić information content (AvgIpc) is 3.19. The van der Waals surface area contributed by atoms with Gasteiger partial charge in [-0.3, -0.25) is 4.79 Å². The second-order valence-corrected chi connectivity index (χ2v) is 7.03. The molecule has 1 aromatic carbocycles. The summed E-state index contributed by atoms with van der Waals surface area (Å²) in [4.78, 5) is 21.6. The number of carbonyl (C=O) groups is 1. The highest BCUT2D eigenvalue weighted by molar-refractivity contribution is 5.93. The van der Waals surface area contributed by atoms with Crippen molar-refractivity contribution in [2.45, 2.75) is 34.2 Å². The van der Waals surface area contributed by atoms with Gasteiger partial charge in [-0.15, -0.1) is 0 Å². The minimum Gasteiger partial charge on any atom is -0.445 e. The third-order valence-corrected chi connectivity index (χ3v) is 4.73. The van der Waals surface area contributed by atoms with E-state index in [1.807, 2.05) is 29.7 Å². The number of benzene rings is 1. The minimum absolute atomic E-state index is 0.258. The Morgan fingerprint density at radius 1 is 1.00 bits per heavy atom. The van der Waals surface area contributed by atoms with Crippen LogP contribution in [0.25, 0.3) is 16.9 Å². The van der Waals surface area contributed by atoms with Gasteiger partial charge in [-0.1, -0.05) is 35.9 Å². The highest BCUT2D eigenvalue weighted by Gasteiger charge is 2.18. The van der Waals surface area contributed by atoms with Gasteiger partial charge in [0.1, 0.15) is 11.4 Å². The molecule has 0 spiro atoms. The Morgan fingerprint density at radius 3 is 2.39 bits per heavy atom. The van der Waals surface area contributed by atoms with Gasteiger partial charge >= 0.3 is 0 Å². The maximum absolute atomic E-state index is 12.6. The second kappa shape index (κ2) is 6.96. The molecule has 0 unspecified atom stereocenters. The van der Waals surface area contributed by atoms with E-state index in [1.54, 1.807) is 13.8 Å². The number of nitrogens with one attached hydrogen (secondary N) is 1. The Morgan fingerprint density at radius 2 is 1.71 bits per heavy atom. The maximum Gasteiger partial charge on any atom is 0.273 e. The van der Waals surface area contributed by atoms with E-state index < -0.39 is 0 Å². The SMILES string of the molecule is Cc1ccc(-c2nc3ccc(C)cn3c2CNC(=O)c2nc(C)oc2C)cc1. The Hall–Kier alpha value is -3.41. The number of hydrogen-bond donors (Lipinski definition) is 1. The highest BCUT2D eigenvalue weighted by atomic mass is 16.4. The van der Waals surface area contributed by atoms with Crippen molar-refractivity contribution in [3.8, 4) is 11.3 Å². The van der Waals surface area contributed by atoms with Gasteiger partial charge in [-0.05, 0) is 32.4 Å². The molecule has 0 aliphatic carbocycles. The molecule has 4 rings (SSSR count). The predicted molar refractivity (Wildman–Crippen MR) is 107 cm³/mol. The molecule has 1 N–H and O–H groups in total. The summed E-state index contributed by atoms with van der Waals surface area (Å²) in [6.07, 6.45) is 2.03. The van der Waals surface area contributed by atoms with Crippen LogP contribution in [0.1, 0.15) is 39.0 Å². The van der Waals surface area contributed by atoms with E-state index in [0.29, 0.717) is 23.9 Å². The van der Waals surface area contributed by atoms with E-state index in [4.69, 9.17) is 9.40 Å². The molecule has 0 atom stereocenters. The van der Waals surface area contributed by atoms with Gasteiger partial charge < -0.3 is 14.1 Å². The quantitative estimate of drug-likeness (QED) is 0.582. The van der Waals surface area contributed by atoms with Crippen molar-refractivity contribution in [3.63, 3.8) is 0 Å². The van der Waals surface area contributed by atoms with Crippen LogP contribution < -0.4 is 5.32 Å². The van der Waals surface area contributed by atoms with Gasteiger partial charge in [-0.25, -0.2) is 9.97 Å². The molecule has 0 bridgehead atoms. The summed E-state index contributed by atoms with van der Waals surface area (Å²) in [6, 6.07) is 12.3. The zero-order chi connectivity index (χ0) is 19.8. The first-order valence-corrected chi connectivity index (χ1v) is 9.19. The third-order valence-electron chi connectivity index (χ3n) is 4.73. The average molecular weight is 374 g/mol. The lowest BCUT2D eigenvalue weighted by molar-refractivity contribution is 0.0944. The molecular formula is C22H22N4O2. The molecule has 142 valence electrons. The smallest absolute Gasteiger partial charge is 0.273 e. The summed E-state index contributed by atoms with van der Waals surface area (Å²) in [6.45, 7) is 7.89. The normalized spacial score (nSPS) is 11.1. The largest absolute Gasteiger partial charge is 0.445 e. The Labute approximate surface area is 163 Å². The van der Waals surface area contributed by atoms with E-state index in [1.165, 1.54) is 5.56 Å². The summed E-state index contributed by atoms with van der Waals surface area (Å²) in [7, 11) is 0. The van der Waals surface area contributed by atoms with Crippen LogP contribution in [0.5, 0.6) is 0 Å². The molecule has 0 saturated heterocycles. The topological polar surface area (TPSA) is 72.4 Å². The van der Waals surface area contributed by atoms with Crippen LogP contribution in [0.2, 0.25) is 0 Å². The van der Waals surface area contributed by atoms with Gasteiger partial charge in [0, 0.05) is 18.7 Å². The highest BCUT2D eigenvalue weighted by Crippen LogP contribution is 2.25. The summed E-state index contributed by atoms with van der Waals surface area (Å²) in [5.74, 6) is 0.739. The van der Waals surface area contributed by atoms with Crippen LogP contribution in [0.4, 0.5) is 0 Å². The number of amides is 1. The van der Waals surface area contributed by atoms with Gasteiger partial charge in [0.25, 0.3) is 5.91 Å². The van der Waals surface area contributed by atoms with Gasteiger partial charge in [-0.2, -0.15) is 0 Å². The molecule has 0 aliphatic heterocycles. The third kappa shape index (κ3) is 3.29. The molecule has 0 fully saturated rings. The van der Waals surface area contributed by atoms with Crippen molar-refractivity contribution in [3.05, 3.63) is 76.8 Å². The van der Waals surface area contributed by atoms with Crippen LogP contribution in [-0.4, -0.2) is 20.3 Å². The summed E-state index contributed by atoms with van der Waals surface area (Å²) in [5.41, 5.74) is 6.28. The number of oxazole rings is 1. The first kappa shape index (κ1) is 18.0. The number of nitrogens with zero attached hydrogens (tertiary/aromatic N) is 3. The Balaban J connectivity index is 1.73.